The molecule has 0 atom stereocenters. The smallest absolute Gasteiger partial charge is 0.274 e. The fourth-order valence-corrected chi connectivity index (χ4v) is 2.13. The van der Waals surface area contributed by atoms with Crippen LogP contribution in [0.15, 0.2) is 35.3 Å². The minimum absolute atomic E-state index is 0.0745. The van der Waals surface area contributed by atoms with Crippen LogP contribution in [0.25, 0.3) is 11.0 Å². The summed E-state index contributed by atoms with van der Waals surface area (Å²) >= 11 is 0. The number of H-pyrrole nitrogens is 1. The van der Waals surface area contributed by atoms with Crippen LogP contribution in [0.5, 0.6) is 0 Å². The molecule has 0 saturated carbocycles. The number of rotatable bonds is 4. The molecule has 0 saturated heterocycles. The summed E-state index contributed by atoms with van der Waals surface area (Å²) in [5.41, 5.74) is 0.325. The number of carbonyl (C=O) groups is 1. The summed E-state index contributed by atoms with van der Waals surface area (Å²) in [6.45, 7) is 0.0745. The monoisotopic (exact) mass is 304 g/mol. The summed E-state index contributed by atoms with van der Waals surface area (Å²) in [6, 6.07) is 5.05. The van der Waals surface area contributed by atoms with E-state index in [1.54, 1.807) is 6.07 Å². The predicted octanol–water partition coefficient (Wildman–Crippen LogP) is 1.62. The Morgan fingerprint density at radius 3 is 2.86 bits per heavy atom. The van der Waals surface area contributed by atoms with Crippen LogP contribution in [-0.2, 0) is 11.3 Å². The van der Waals surface area contributed by atoms with Crippen LogP contribution in [0.2, 0.25) is 0 Å². The van der Waals surface area contributed by atoms with Gasteiger partial charge < -0.3 is 14.9 Å². The molecule has 0 radical (unpaired) electrons. The van der Waals surface area contributed by atoms with E-state index in [4.69, 9.17) is 0 Å². The molecule has 22 heavy (non-hydrogen) atoms. The highest BCUT2D eigenvalue weighted by molar-refractivity contribution is 5.75. The van der Waals surface area contributed by atoms with Gasteiger partial charge in [-0.15, -0.1) is 0 Å². The number of benzene rings is 1. The Balaban J connectivity index is 1.98. The summed E-state index contributed by atoms with van der Waals surface area (Å²) in [5.74, 6) is -1.60. The Kier molecular flexibility index (Phi) is 3.42. The Hall–Kier alpha value is -3.03. The SMILES string of the molecule is O=CNc1cccn(Cc2nc3cc(F)c(F)cc3[nH]2)c1=O. The molecule has 3 aromatic rings. The maximum absolute atomic E-state index is 13.2. The van der Waals surface area contributed by atoms with Gasteiger partial charge in [-0.25, -0.2) is 13.8 Å². The lowest BCUT2D eigenvalue weighted by Crippen LogP contribution is -2.23. The number of nitrogens with one attached hydrogen (secondary N) is 2. The second-order valence-corrected chi connectivity index (χ2v) is 4.58. The highest BCUT2D eigenvalue weighted by atomic mass is 19.2. The number of hydrogen-bond acceptors (Lipinski definition) is 3. The largest absolute Gasteiger partial charge is 0.340 e. The van der Waals surface area contributed by atoms with Crippen molar-refractivity contribution >= 4 is 23.1 Å². The number of nitrogens with zero attached hydrogens (tertiary/aromatic N) is 2. The third-order valence-electron chi connectivity index (χ3n) is 3.13. The fraction of sp³-hybridized carbons (Fsp3) is 0.0714. The zero-order chi connectivity index (χ0) is 15.7. The van der Waals surface area contributed by atoms with E-state index in [1.165, 1.54) is 16.8 Å². The molecule has 2 aromatic heterocycles. The first kappa shape index (κ1) is 13.9. The molecular weight excluding hydrogens is 294 g/mol. The molecule has 1 amide bonds. The summed E-state index contributed by atoms with van der Waals surface area (Å²) < 4.78 is 27.6. The molecule has 0 bridgehead atoms. The van der Waals surface area contributed by atoms with Gasteiger partial charge in [0, 0.05) is 18.3 Å². The first-order chi connectivity index (χ1) is 10.6. The van der Waals surface area contributed by atoms with Gasteiger partial charge in [0.15, 0.2) is 11.6 Å². The van der Waals surface area contributed by atoms with Crippen molar-refractivity contribution in [3.05, 3.63) is 58.3 Å². The number of halogens is 2. The lowest BCUT2D eigenvalue weighted by atomic mass is 10.3. The highest BCUT2D eigenvalue weighted by Gasteiger charge is 2.10. The van der Waals surface area contributed by atoms with E-state index in [1.807, 2.05) is 0 Å². The van der Waals surface area contributed by atoms with Gasteiger partial charge in [0.05, 0.1) is 17.6 Å². The van der Waals surface area contributed by atoms with Crippen LogP contribution in [0.3, 0.4) is 0 Å². The Bertz CT molecular complexity index is 878. The first-order valence-corrected chi connectivity index (χ1v) is 6.32. The molecule has 0 fully saturated rings. The average molecular weight is 304 g/mol. The predicted molar refractivity (Wildman–Crippen MR) is 75.5 cm³/mol. The Morgan fingerprint density at radius 2 is 2.09 bits per heavy atom. The van der Waals surface area contributed by atoms with Gasteiger partial charge in [0.25, 0.3) is 5.56 Å². The third-order valence-corrected chi connectivity index (χ3v) is 3.13. The molecule has 2 N–H and O–H groups in total. The highest BCUT2D eigenvalue weighted by Crippen LogP contribution is 2.16. The number of fused-ring (bicyclic) bond motifs is 1. The molecular formula is C14H10F2N4O2. The second-order valence-electron chi connectivity index (χ2n) is 4.58. The van der Waals surface area contributed by atoms with Gasteiger partial charge in [-0.05, 0) is 12.1 Å². The van der Waals surface area contributed by atoms with Crippen molar-refractivity contribution < 1.29 is 13.6 Å². The number of pyridine rings is 1. The van der Waals surface area contributed by atoms with Crippen LogP contribution in [0, 0.1) is 11.6 Å². The number of aromatic amines is 1. The third kappa shape index (κ3) is 2.46. The second kappa shape index (κ2) is 5.40. The lowest BCUT2D eigenvalue weighted by molar-refractivity contribution is -0.105. The minimum Gasteiger partial charge on any atom is -0.340 e. The van der Waals surface area contributed by atoms with Crippen molar-refractivity contribution in [1.82, 2.24) is 14.5 Å². The van der Waals surface area contributed by atoms with Crippen LogP contribution in [0.4, 0.5) is 14.5 Å². The summed E-state index contributed by atoms with van der Waals surface area (Å²) in [6.07, 6.45) is 1.93. The molecule has 0 aliphatic carbocycles. The van der Waals surface area contributed by atoms with E-state index >= 15 is 0 Å². The Labute approximate surface area is 122 Å². The summed E-state index contributed by atoms with van der Waals surface area (Å²) in [5, 5.41) is 2.30. The number of imidazole rings is 1. The molecule has 1 aromatic carbocycles. The van der Waals surface area contributed by atoms with Gasteiger partial charge in [-0.2, -0.15) is 0 Å². The van der Waals surface area contributed by atoms with Crippen molar-refractivity contribution in [3.8, 4) is 0 Å². The normalized spacial score (nSPS) is 10.8. The molecule has 2 heterocycles. The Morgan fingerprint density at radius 1 is 1.32 bits per heavy atom. The van der Waals surface area contributed by atoms with Crippen molar-refractivity contribution in [2.75, 3.05) is 5.32 Å². The zero-order valence-corrected chi connectivity index (χ0v) is 11.1. The van der Waals surface area contributed by atoms with E-state index in [-0.39, 0.29) is 17.7 Å². The van der Waals surface area contributed by atoms with Crippen LogP contribution in [-0.4, -0.2) is 20.9 Å². The molecule has 0 aliphatic rings. The van der Waals surface area contributed by atoms with E-state index in [0.29, 0.717) is 17.8 Å². The minimum atomic E-state index is -0.986. The maximum atomic E-state index is 13.2. The van der Waals surface area contributed by atoms with Crippen molar-refractivity contribution in [2.24, 2.45) is 0 Å². The molecule has 0 unspecified atom stereocenters. The molecule has 3 rings (SSSR count). The van der Waals surface area contributed by atoms with Gasteiger partial charge in [0.2, 0.25) is 6.41 Å². The number of amides is 1. The zero-order valence-electron chi connectivity index (χ0n) is 11.1. The standard InChI is InChI=1S/C14H10F2N4O2/c15-8-4-11-12(5-9(8)16)19-13(18-11)6-20-3-1-2-10(14(20)22)17-7-21/h1-5,7H,6H2,(H,17,21)(H,18,19). The number of hydrogen-bond donors (Lipinski definition) is 2. The molecule has 0 spiro atoms. The first-order valence-electron chi connectivity index (χ1n) is 6.32. The fourth-order valence-electron chi connectivity index (χ4n) is 2.13. The van der Waals surface area contributed by atoms with E-state index in [2.05, 4.69) is 15.3 Å². The molecule has 112 valence electrons. The topological polar surface area (TPSA) is 79.8 Å². The van der Waals surface area contributed by atoms with E-state index in [0.717, 1.165) is 12.1 Å². The van der Waals surface area contributed by atoms with E-state index < -0.39 is 17.2 Å². The van der Waals surface area contributed by atoms with Gasteiger partial charge in [-0.3, -0.25) is 9.59 Å². The van der Waals surface area contributed by atoms with Crippen molar-refractivity contribution in [3.63, 3.8) is 0 Å². The maximum Gasteiger partial charge on any atom is 0.274 e. The van der Waals surface area contributed by atoms with Crippen molar-refractivity contribution in [1.29, 1.82) is 0 Å². The van der Waals surface area contributed by atoms with Crippen LogP contribution in [0.1, 0.15) is 5.82 Å². The van der Waals surface area contributed by atoms with Gasteiger partial charge in [0.1, 0.15) is 11.5 Å². The molecule has 6 nitrogen and oxygen atoms in total. The number of anilines is 1. The lowest BCUT2D eigenvalue weighted by Gasteiger charge is -2.05. The summed E-state index contributed by atoms with van der Waals surface area (Å²) in [4.78, 5) is 29.4. The number of aromatic nitrogens is 3. The number of carbonyl (C=O) groups excluding carboxylic acids is 1. The van der Waals surface area contributed by atoms with Gasteiger partial charge >= 0.3 is 0 Å². The quantitative estimate of drug-likeness (QED) is 0.719. The molecule has 8 heteroatoms. The molecule has 0 aliphatic heterocycles. The summed E-state index contributed by atoms with van der Waals surface area (Å²) in [7, 11) is 0. The van der Waals surface area contributed by atoms with E-state index in [9.17, 15) is 18.4 Å². The van der Waals surface area contributed by atoms with Crippen molar-refractivity contribution in [2.45, 2.75) is 6.54 Å². The van der Waals surface area contributed by atoms with Gasteiger partial charge in [-0.1, -0.05) is 0 Å². The average Bonchev–Trinajstić information content (AvgIpc) is 2.85. The van der Waals surface area contributed by atoms with Crippen LogP contribution >= 0.6 is 0 Å². The van der Waals surface area contributed by atoms with Crippen LogP contribution < -0.4 is 10.9 Å².